The summed E-state index contributed by atoms with van der Waals surface area (Å²) < 4.78 is 63.2. The number of carbonyl (C=O) groups excluding carboxylic acids is 1. The molecule has 0 radical (unpaired) electrons. The van der Waals surface area contributed by atoms with E-state index in [-0.39, 0.29) is 28.5 Å². The minimum Gasteiger partial charge on any atom is -0.490 e. The molecule has 0 saturated heterocycles. The highest BCUT2D eigenvalue weighted by atomic mass is 19.4. The summed E-state index contributed by atoms with van der Waals surface area (Å²) in [7, 11) is 1.21. The molecule has 0 aliphatic rings. The van der Waals surface area contributed by atoms with Crippen molar-refractivity contribution in [3.8, 4) is 17.2 Å². The van der Waals surface area contributed by atoms with Crippen LogP contribution in [-0.2, 0) is 6.18 Å². The number of hydrogen-bond donors (Lipinski definition) is 1. The molecule has 0 atom stereocenters. The van der Waals surface area contributed by atoms with Crippen molar-refractivity contribution in [1.82, 2.24) is 0 Å². The average Bonchev–Trinajstić information content (AvgIpc) is 2.73. The van der Waals surface area contributed by atoms with Gasteiger partial charge in [-0.3, -0.25) is 14.9 Å². The second-order valence-electron chi connectivity index (χ2n) is 6.37. The quantitative estimate of drug-likeness (QED) is 0.291. The number of nitrogens with zero attached hydrogens (tertiary/aromatic N) is 1. The van der Waals surface area contributed by atoms with Crippen LogP contribution in [0.3, 0.4) is 0 Å². The van der Waals surface area contributed by atoms with Crippen LogP contribution in [0, 0.1) is 15.9 Å². The molecule has 3 rings (SSSR count). The number of hydrogen-bond acceptors (Lipinski definition) is 5. The Bertz CT molecular complexity index is 1180. The van der Waals surface area contributed by atoms with E-state index in [1.54, 1.807) is 0 Å². The van der Waals surface area contributed by atoms with Gasteiger partial charge in [-0.1, -0.05) is 6.07 Å². The predicted octanol–water partition coefficient (Wildman–Crippen LogP) is 5.81. The minimum atomic E-state index is -4.71. The number of anilines is 1. The number of methoxy groups -OCH3 is 1. The number of amides is 1. The van der Waals surface area contributed by atoms with Crippen molar-refractivity contribution in [3.63, 3.8) is 0 Å². The first-order chi connectivity index (χ1) is 15.1. The Hall–Kier alpha value is -4.15. The molecule has 1 N–H and O–H groups in total. The normalized spacial score (nSPS) is 11.0. The van der Waals surface area contributed by atoms with Crippen LogP contribution >= 0.6 is 0 Å². The summed E-state index contributed by atoms with van der Waals surface area (Å²) in [5.41, 5.74) is -2.14. The number of nitro groups is 1. The number of alkyl halides is 3. The molecule has 0 unspecified atom stereocenters. The van der Waals surface area contributed by atoms with Gasteiger partial charge in [-0.15, -0.1) is 0 Å². The molecule has 1 amide bonds. The van der Waals surface area contributed by atoms with Crippen LogP contribution in [0.5, 0.6) is 17.2 Å². The molecule has 3 aromatic carbocycles. The van der Waals surface area contributed by atoms with Gasteiger partial charge in [0.2, 0.25) is 0 Å². The van der Waals surface area contributed by atoms with E-state index >= 15 is 0 Å². The van der Waals surface area contributed by atoms with E-state index in [2.05, 4.69) is 5.32 Å². The highest BCUT2D eigenvalue weighted by Crippen LogP contribution is 2.37. The smallest absolute Gasteiger partial charge is 0.416 e. The molecular formula is C21H14F4N2O5. The van der Waals surface area contributed by atoms with Crippen LogP contribution in [-0.4, -0.2) is 17.9 Å². The maximum atomic E-state index is 13.4. The van der Waals surface area contributed by atoms with E-state index in [1.165, 1.54) is 31.4 Å². The Morgan fingerprint density at radius 1 is 1.03 bits per heavy atom. The summed E-state index contributed by atoms with van der Waals surface area (Å²) in [6.07, 6.45) is -4.71. The van der Waals surface area contributed by atoms with Gasteiger partial charge in [-0.2, -0.15) is 13.2 Å². The molecule has 11 heteroatoms. The molecule has 166 valence electrons. The Balaban J connectivity index is 1.98. The topological polar surface area (TPSA) is 90.7 Å². The second kappa shape index (κ2) is 8.92. The molecule has 0 heterocycles. The lowest BCUT2D eigenvalue weighted by molar-refractivity contribution is -0.385. The first-order valence-electron chi connectivity index (χ1n) is 8.87. The van der Waals surface area contributed by atoms with Gasteiger partial charge >= 0.3 is 11.9 Å². The van der Waals surface area contributed by atoms with E-state index in [9.17, 15) is 32.5 Å². The van der Waals surface area contributed by atoms with Gasteiger partial charge in [0.15, 0.2) is 11.5 Å². The van der Waals surface area contributed by atoms with Crippen LogP contribution in [0.25, 0.3) is 0 Å². The number of nitrogens with one attached hydrogen (secondary N) is 1. The van der Waals surface area contributed by atoms with E-state index in [0.717, 1.165) is 30.3 Å². The number of ether oxygens (including phenoxy) is 2. The van der Waals surface area contributed by atoms with Crippen LogP contribution < -0.4 is 14.8 Å². The van der Waals surface area contributed by atoms with E-state index in [4.69, 9.17) is 9.47 Å². The summed E-state index contributed by atoms with van der Waals surface area (Å²) in [5, 5.41) is 13.4. The summed E-state index contributed by atoms with van der Waals surface area (Å²) >= 11 is 0. The first kappa shape index (κ1) is 22.5. The Labute approximate surface area is 178 Å². The molecule has 0 bridgehead atoms. The molecule has 7 nitrogen and oxygen atoms in total. The predicted molar refractivity (Wildman–Crippen MR) is 106 cm³/mol. The fraction of sp³-hybridized carbons (Fsp3) is 0.0952. The lowest BCUT2D eigenvalue weighted by atomic mass is 10.1. The van der Waals surface area contributed by atoms with Crippen LogP contribution in [0.1, 0.15) is 15.9 Å². The third kappa shape index (κ3) is 5.12. The SMILES string of the molecule is COc1ccc(C(=O)Nc2cc(C(F)(F)F)ccc2Oc2cccc(F)c2)cc1[N+](=O)[O-]. The Morgan fingerprint density at radius 3 is 2.38 bits per heavy atom. The number of halogens is 4. The van der Waals surface area contributed by atoms with Crippen molar-refractivity contribution in [2.24, 2.45) is 0 Å². The van der Waals surface area contributed by atoms with Crippen LogP contribution in [0.15, 0.2) is 60.7 Å². The van der Waals surface area contributed by atoms with Crippen molar-refractivity contribution < 1.29 is 36.8 Å². The van der Waals surface area contributed by atoms with E-state index in [1.807, 2.05) is 0 Å². The lowest BCUT2D eigenvalue weighted by Crippen LogP contribution is -2.14. The number of rotatable bonds is 6. The van der Waals surface area contributed by atoms with Gasteiger partial charge in [0.05, 0.1) is 23.3 Å². The van der Waals surface area contributed by atoms with Gasteiger partial charge in [0.25, 0.3) is 5.91 Å². The van der Waals surface area contributed by atoms with Gasteiger partial charge in [-0.05, 0) is 42.5 Å². The molecular weight excluding hydrogens is 436 g/mol. The van der Waals surface area contributed by atoms with Crippen LogP contribution in [0.2, 0.25) is 0 Å². The highest BCUT2D eigenvalue weighted by Gasteiger charge is 2.31. The van der Waals surface area contributed by atoms with Crippen molar-refractivity contribution in [3.05, 3.63) is 87.7 Å². The lowest BCUT2D eigenvalue weighted by Gasteiger charge is -2.15. The number of nitro benzene ring substituents is 1. The van der Waals surface area contributed by atoms with Crippen molar-refractivity contribution in [2.45, 2.75) is 6.18 Å². The van der Waals surface area contributed by atoms with Crippen LogP contribution in [0.4, 0.5) is 28.9 Å². The van der Waals surface area contributed by atoms with Crippen molar-refractivity contribution >= 4 is 17.3 Å². The Kier molecular flexibility index (Phi) is 6.28. The molecule has 0 aliphatic carbocycles. The summed E-state index contributed by atoms with van der Waals surface area (Å²) in [5.74, 6) is -1.87. The van der Waals surface area contributed by atoms with E-state index in [0.29, 0.717) is 6.07 Å². The molecule has 0 aliphatic heterocycles. The molecule has 0 spiro atoms. The maximum absolute atomic E-state index is 13.4. The van der Waals surface area contributed by atoms with Crippen molar-refractivity contribution in [1.29, 1.82) is 0 Å². The first-order valence-corrected chi connectivity index (χ1v) is 8.87. The maximum Gasteiger partial charge on any atom is 0.416 e. The summed E-state index contributed by atoms with van der Waals surface area (Å²) in [4.78, 5) is 23.0. The standard InChI is InChI=1S/C21H14F4N2O5/c1-31-19-7-5-12(9-17(19)27(29)30)20(28)26-16-10-13(21(23,24)25)6-8-18(16)32-15-4-2-3-14(22)11-15/h2-11H,1H3,(H,26,28). The fourth-order valence-electron chi connectivity index (χ4n) is 2.72. The third-order valence-corrected chi connectivity index (χ3v) is 4.22. The van der Waals surface area contributed by atoms with Gasteiger partial charge in [0.1, 0.15) is 11.6 Å². The minimum absolute atomic E-state index is 0.0136. The average molecular weight is 450 g/mol. The summed E-state index contributed by atoms with van der Waals surface area (Å²) in [6, 6.07) is 10.5. The van der Waals surface area contributed by atoms with Gasteiger partial charge in [0, 0.05) is 17.7 Å². The zero-order valence-electron chi connectivity index (χ0n) is 16.3. The fourth-order valence-corrected chi connectivity index (χ4v) is 2.72. The third-order valence-electron chi connectivity index (χ3n) is 4.22. The summed E-state index contributed by atoms with van der Waals surface area (Å²) in [6.45, 7) is 0. The largest absolute Gasteiger partial charge is 0.490 e. The zero-order chi connectivity index (χ0) is 23.5. The van der Waals surface area contributed by atoms with Gasteiger partial charge < -0.3 is 14.8 Å². The Morgan fingerprint density at radius 2 is 1.75 bits per heavy atom. The highest BCUT2D eigenvalue weighted by molar-refractivity contribution is 6.05. The second-order valence-corrected chi connectivity index (χ2v) is 6.37. The van der Waals surface area contributed by atoms with E-state index < -0.39 is 34.1 Å². The number of benzene rings is 3. The molecule has 0 fully saturated rings. The molecule has 32 heavy (non-hydrogen) atoms. The monoisotopic (exact) mass is 450 g/mol. The molecule has 3 aromatic rings. The molecule has 0 saturated carbocycles. The van der Waals surface area contributed by atoms with Crippen molar-refractivity contribution in [2.75, 3.05) is 12.4 Å². The van der Waals surface area contributed by atoms with Gasteiger partial charge in [-0.25, -0.2) is 4.39 Å². The number of carbonyl (C=O) groups is 1. The zero-order valence-corrected chi connectivity index (χ0v) is 16.3. The molecule has 0 aromatic heterocycles.